The van der Waals surface area contributed by atoms with Gasteiger partial charge in [0, 0.05) is 12.6 Å². The van der Waals surface area contributed by atoms with Crippen LogP contribution in [0.3, 0.4) is 0 Å². The van der Waals surface area contributed by atoms with Crippen LogP contribution in [0.15, 0.2) is 36.4 Å². The Labute approximate surface area is 147 Å². The van der Waals surface area contributed by atoms with Crippen LogP contribution >= 0.6 is 0 Å². The Morgan fingerprint density at radius 1 is 1.28 bits per heavy atom. The topological polar surface area (TPSA) is 58.1 Å². The molecule has 25 heavy (non-hydrogen) atoms. The van der Waals surface area contributed by atoms with Gasteiger partial charge in [0.2, 0.25) is 5.91 Å². The molecule has 1 aliphatic heterocycles. The third-order valence-electron chi connectivity index (χ3n) is 4.56. The number of anilines is 2. The SMILES string of the molecule is CCC1CCCCN1c1ccc(NC(=O)Cc2cccc(F)c2)nn1. The zero-order chi connectivity index (χ0) is 17.6. The molecule has 1 unspecified atom stereocenters. The van der Waals surface area contributed by atoms with Gasteiger partial charge >= 0.3 is 0 Å². The van der Waals surface area contributed by atoms with Gasteiger partial charge in [-0.25, -0.2) is 4.39 Å². The first-order valence-electron chi connectivity index (χ1n) is 8.80. The number of benzene rings is 1. The lowest BCUT2D eigenvalue weighted by atomic mass is 10.0. The van der Waals surface area contributed by atoms with Crippen molar-refractivity contribution in [3.8, 4) is 0 Å². The predicted octanol–water partition coefficient (Wildman–Crippen LogP) is 3.57. The first-order valence-corrected chi connectivity index (χ1v) is 8.80. The van der Waals surface area contributed by atoms with Gasteiger partial charge in [-0.2, -0.15) is 0 Å². The molecule has 1 aromatic carbocycles. The van der Waals surface area contributed by atoms with E-state index in [0.717, 1.165) is 18.8 Å². The van der Waals surface area contributed by atoms with E-state index in [1.807, 2.05) is 6.07 Å². The van der Waals surface area contributed by atoms with Crippen molar-refractivity contribution in [1.82, 2.24) is 10.2 Å². The normalized spacial score (nSPS) is 17.4. The van der Waals surface area contributed by atoms with Crippen molar-refractivity contribution in [2.75, 3.05) is 16.8 Å². The van der Waals surface area contributed by atoms with Gasteiger partial charge in [-0.1, -0.05) is 19.1 Å². The van der Waals surface area contributed by atoms with Crippen molar-refractivity contribution in [3.63, 3.8) is 0 Å². The molecule has 1 fully saturated rings. The minimum atomic E-state index is -0.346. The number of hydrogen-bond acceptors (Lipinski definition) is 4. The molecule has 0 bridgehead atoms. The molecule has 1 aliphatic rings. The number of rotatable bonds is 5. The maximum atomic E-state index is 13.2. The van der Waals surface area contributed by atoms with Gasteiger partial charge in [0.15, 0.2) is 11.6 Å². The van der Waals surface area contributed by atoms with Gasteiger partial charge in [0.25, 0.3) is 0 Å². The minimum Gasteiger partial charge on any atom is -0.352 e. The molecule has 3 rings (SSSR count). The lowest BCUT2D eigenvalue weighted by molar-refractivity contribution is -0.115. The first kappa shape index (κ1) is 17.3. The van der Waals surface area contributed by atoms with Crippen molar-refractivity contribution >= 4 is 17.5 Å². The molecule has 5 nitrogen and oxygen atoms in total. The summed E-state index contributed by atoms with van der Waals surface area (Å²) in [4.78, 5) is 14.4. The molecule has 132 valence electrons. The number of carbonyl (C=O) groups excluding carboxylic acids is 1. The zero-order valence-electron chi connectivity index (χ0n) is 14.4. The van der Waals surface area contributed by atoms with E-state index >= 15 is 0 Å². The fraction of sp³-hybridized carbons (Fsp3) is 0.421. The number of amides is 1. The number of aromatic nitrogens is 2. The van der Waals surface area contributed by atoms with Gasteiger partial charge in [0.05, 0.1) is 6.42 Å². The number of carbonyl (C=O) groups is 1. The second kappa shape index (κ2) is 8.05. The van der Waals surface area contributed by atoms with E-state index in [0.29, 0.717) is 17.4 Å². The molecular formula is C19H23FN4O. The molecule has 0 radical (unpaired) electrons. The molecule has 2 heterocycles. The van der Waals surface area contributed by atoms with E-state index in [2.05, 4.69) is 27.3 Å². The number of nitrogens with zero attached hydrogens (tertiary/aromatic N) is 3. The highest BCUT2D eigenvalue weighted by molar-refractivity contribution is 5.91. The molecule has 1 saturated heterocycles. The molecule has 0 saturated carbocycles. The fourth-order valence-corrected chi connectivity index (χ4v) is 3.29. The standard InChI is InChI=1S/C19H23FN4O/c1-2-16-8-3-4-11-24(16)18-10-9-17(22-23-18)21-19(25)13-14-6-5-7-15(20)12-14/h5-7,9-10,12,16H,2-4,8,11,13H2,1H3,(H,21,22,25). The highest BCUT2D eigenvalue weighted by Crippen LogP contribution is 2.24. The maximum Gasteiger partial charge on any atom is 0.229 e. The molecule has 0 aliphatic carbocycles. The summed E-state index contributed by atoms with van der Waals surface area (Å²) in [6.07, 6.45) is 4.81. The van der Waals surface area contributed by atoms with Gasteiger partial charge in [-0.15, -0.1) is 10.2 Å². The molecule has 1 aromatic heterocycles. The largest absolute Gasteiger partial charge is 0.352 e. The van der Waals surface area contributed by atoms with Crippen molar-refractivity contribution in [1.29, 1.82) is 0 Å². The summed E-state index contributed by atoms with van der Waals surface area (Å²) in [5, 5.41) is 11.1. The molecule has 6 heteroatoms. The Kier molecular flexibility index (Phi) is 5.58. The number of piperidine rings is 1. The molecule has 0 spiro atoms. The number of nitrogens with one attached hydrogen (secondary N) is 1. The Morgan fingerprint density at radius 3 is 2.88 bits per heavy atom. The van der Waals surface area contributed by atoms with Gasteiger partial charge < -0.3 is 10.2 Å². The van der Waals surface area contributed by atoms with Crippen LogP contribution in [-0.2, 0) is 11.2 Å². The fourth-order valence-electron chi connectivity index (χ4n) is 3.29. The van der Waals surface area contributed by atoms with E-state index in [-0.39, 0.29) is 18.1 Å². The van der Waals surface area contributed by atoms with Crippen LogP contribution in [0.4, 0.5) is 16.0 Å². The number of hydrogen-bond donors (Lipinski definition) is 1. The van der Waals surface area contributed by atoms with Crippen LogP contribution in [0.25, 0.3) is 0 Å². The molecule has 1 atom stereocenters. The van der Waals surface area contributed by atoms with Crippen LogP contribution in [0.5, 0.6) is 0 Å². The van der Waals surface area contributed by atoms with E-state index < -0.39 is 0 Å². The Balaban J connectivity index is 1.61. The zero-order valence-corrected chi connectivity index (χ0v) is 14.4. The Hall–Kier alpha value is -2.50. The summed E-state index contributed by atoms with van der Waals surface area (Å²) in [7, 11) is 0. The first-order chi connectivity index (χ1) is 12.2. The van der Waals surface area contributed by atoms with Crippen LogP contribution in [0, 0.1) is 5.82 Å². The summed E-state index contributed by atoms with van der Waals surface area (Å²) in [5.74, 6) is 0.684. The third-order valence-corrected chi connectivity index (χ3v) is 4.56. The van der Waals surface area contributed by atoms with Crippen LogP contribution in [0.1, 0.15) is 38.2 Å². The van der Waals surface area contributed by atoms with Gasteiger partial charge in [-0.3, -0.25) is 4.79 Å². The van der Waals surface area contributed by atoms with Crippen molar-refractivity contribution in [2.45, 2.75) is 45.1 Å². The van der Waals surface area contributed by atoms with Gasteiger partial charge in [0.1, 0.15) is 5.82 Å². The molecule has 2 aromatic rings. The lowest BCUT2D eigenvalue weighted by Gasteiger charge is -2.35. The summed E-state index contributed by atoms with van der Waals surface area (Å²) in [6, 6.07) is 10.2. The average molecular weight is 342 g/mol. The quantitative estimate of drug-likeness (QED) is 0.902. The minimum absolute atomic E-state index is 0.102. The molecular weight excluding hydrogens is 319 g/mol. The van der Waals surface area contributed by atoms with E-state index in [1.54, 1.807) is 18.2 Å². The number of halogens is 1. The van der Waals surface area contributed by atoms with E-state index in [4.69, 9.17) is 0 Å². The highest BCUT2D eigenvalue weighted by Gasteiger charge is 2.22. The Bertz CT molecular complexity index is 720. The third kappa shape index (κ3) is 4.53. The van der Waals surface area contributed by atoms with Crippen LogP contribution in [0.2, 0.25) is 0 Å². The molecule has 1 N–H and O–H groups in total. The van der Waals surface area contributed by atoms with Crippen molar-refractivity contribution < 1.29 is 9.18 Å². The van der Waals surface area contributed by atoms with Gasteiger partial charge in [-0.05, 0) is 55.5 Å². The van der Waals surface area contributed by atoms with Crippen molar-refractivity contribution in [2.24, 2.45) is 0 Å². The second-order valence-corrected chi connectivity index (χ2v) is 6.38. The lowest BCUT2D eigenvalue weighted by Crippen LogP contribution is -2.39. The summed E-state index contributed by atoms with van der Waals surface area (Å²) in [6.45, 7) is 3.19. The summed E-state index contributed by atoms with van der Waals surface area (Å²) >= 11 is 0. The van der Waals surface area contributed by atoms with E-state index in [9.17, 15) is 9.18 Å². The summed E-state index contributed by atoms with van der Waals surface area (Å²) in [5.41, 5.74) is 0.626. The second-order valence-electron chi connectivity index (χ2n) is 6.38. The predicted molar refractivity (Wildman–Crippen MR) is 96.0 cm³/mol. The average Bonchev–Trinajstić information content (AvgIpc) is 2.62. The maximum absolute atomic E-state index is 13.2. The monoisotopic (exact) mass is 342 g/mol. The summed E-state index contributed by atoms with van der Waals surface area (Å²) < 4.78 is 13.2. The van der Waals surface area contributed by atoms with E-state index in [1.165, 1.54) is 31.4 Å². The molecule has 1 amide bonds. The highest BCUT2D eigenvalue weighted by atomic mass is 19.1. The Morgan fingerprint density at radius 2 is 2.16 bits per heavy atom. The van der Waals surface area contributed by atoms with Crippen molar-refractivity contribution in [3.05, 3.63) is 47.8 Å². The van der Waals surface area contributed by atoms with Crippen LogP contribution in [-0.4, -0.2) is 28.7 Å². The smallest absolute Gasteiger partial charge is 0.229 e. The van der Waals surface area contributed by atoms with Crippen LogP contribution < -0.4 is 10.2 Å².